The van der Waals surface area contributed by atoms with Gasteiger partial charge in [0.2, 0.25) is 11.7 Å². The van der Waals surface area contributed by atoms with Gasteiger partial charge in [-0.1, -0.05) is 17.7 Å². The molecule has 0 unspecified atom stereocenters. The highest BCUT2D eigenvalue weighted by Gasteiger charge is 2.13. The van der Waals surface area contributed by atoms with Gasteiger partial charge >= 0.3 is 0 Å². The van der Waals surface area contributed by atoms with Gasteiger partial charge in [-0.2, -0.15) is 4.80 Å². The van der Waals surface area contributed by atoms with Crippen LogP contribution in [0.5, 0.6) is 0 Å². The lowest BCUT2D eigenvalue weighted by molar-refractivity contribution is -0.117. The molecule has 2 aromatic carbocycles. The Morgan fingerprint density at radius 3 is 2.61 bits per heavy atom. The van der Waals surface area contributed by atoms with E-state index in [0.717, 1.165) is 39.2 Å². The topological polar surface area (TPSA) is 101 Å². The van der Waals surface area contributed by atoms with E-state index < -0.39 is 0 Å². The second kappa shape index (κ2) is 6.88. The molecule has 0 spiro atoms. The number of hydrogen-bond donors (Lipinski definition) is 2. The summed E-state index contributed by atoms with van der Waals surface area (Å²) in [6.45, 7) is 7.90. The van der Waals surface area contributed by atoms with Gasteiger partial charge in [-0.3, -0.25) is 4.79 Å². The number of nitrogens with zero attached hydrogens (tertiary/aromatic N) is 5. The molecule has 4 rings (SSSR count). The maximum atomic E-state index is 12.4. The van der Waals surface area contributed by atoms with Crippen molar-refractivity contribution >= 4 is 22.6 Å². The molecule has 2 aromatic heterocycles. The van der Waals surface area contributed by atoms with Crippen LogP contribution in [0.25, 0.3) is 22.4 Å². The van der Waals surface area contributed by atoms with Gasteiger partial charge in [0.15, 0.2) is 0 Å². The highest BCUT2D eigenvalue weighted by molar-refractivity contribution is 5.92. The highest BCUT2D eigenvalue weighted by atomic mass is 16.2. The maximum Gasteiger partial charge on any atom is 0.248 e. The molecule has 4 aromatic rings. The van der Waals surface area contributed by atoms with Crippen molar-refractivity contribution in [1.29, 1.82) is 0 Å². The number of amides is 1. The summed E-state index contributed by atoms with van der Waals surface area (Å²) >= 11 is 0. The minimum absolute atomic E-state index is 0.00876. The van der Waals surface area contributed by atoms with Gasteiger partial charge in [0.25, 0.3) is 0 Å². The second-order valence-electron chi connectivity index (χ2n) is 7.02. The number of rotatable bonds is 4. The number of fused-ring (bicyclic) bond motifs is 1. The highest BCUT2D eigenvalue weighted by Crippen LogP contribution is 2.22. The molecule has 2 N–H and O–H groups in total. The number of carbonyl (C=O) groups excluding carboxylic acids is 1. The zero-order valence-electron chi connectivity index (χ0n) is 16.2. The zero-order valence-corrected chi connectivity index (χ0v) is 16.2. The number of nitrogens with one attached hydrogen (secondary N) is 2. The van der Waals surface area contributed by atoms with E-state index in [0.29, 0.717) is 5.82 Å². The standard InChI is InChI=1S/C20H21N7O/c1-11-7-12(2)19(13(3)8-11)23-18(28)10-27-25-20(24-26-27)15-5-6-16-17(9-15)22-14(4)21-16/h5-9H,10H2,1-4H3,(H,21,22)(H,23,28). The molecule has 8 heteroatoms. The molecule has 0 atom stereocenters. The van der Waals surface area contributed by atoms with Crippen molar-refractivity contribution < 1.29 is 4.79 Å². The van der Waals surface area contributed by atoms with Crippen LogP contribution in [0.2, 0.25) is 0 Å². The van der Waals surface area contributed by atoms with Crippen molar-refractivity contribution in [3.05, 3.63) is 52.8 Å². The Bertz CT molecular complexity index is 1170. The largest absolute Gasteiger partial charge is 0.342 e. The maximum absolute atomic E-state index is 12.4. The van der Waals surface area contributed by atoms with Gasteiger partial charge in [0.1, 0.15) is 12.4 Å². The third-order valence-electron chi connectivity index (χ3n) is 4.54. The van der Waals surface area contributed by atoms with Gasteiger partial charge in [0.05, 0.1) is 11.0 Å². The molecule has 1 amide bonds. The SMILES string of the molecule is Cc1cc(C)c(NC(=O)Cn2nnc(-c3ccc4nc(C)[nH]c4c3)n2)c(C)c1. The molecular formula is C20H21N7O. The van der Waals surface area contributed by atoms with Crippen molar-refractivity contribution in [2.45, 2.75) is 34.2 Å². The van der Waals surface area contributed by atoms with Crippen molar-refractivity contribution in [2.24, 2.45) is 0 Å². The van der Waals surface area contributed by atoms with Crippen molar-refractivity contribution in [2.75, 3.05) is 5.32 Å². The summed E-state index contributed by atoms with van der Waals surface area (Å²) in [6.07, 6.45) is 0. The first-order valence-electron chi connectivity index (χ1n) is 9.01. The summed E-state index contributed by atoms with van der Waals surface area (Å²) in [5.41, 5.74) is 6.66. The van der Waals surface area contributed by atoms with Gasteiger partial charge in [0, 0.05) is 11.3 Å². The van der Waals surface area contributed by atoms with Crippen LogP contribution in [-0.2, 0) is 11.3 Å². The van der Waals surface area contributed by atoms with E-state index in [9.17, 15) is 4.79 Å². The van der Waals surface area contributed by atoms with E-state index in [-0.39, 0.29) is 12.5 Å². The van der Waals surface area contributed by atoms with Crippen LogP contribution in [0, 0.1) is 27.7 Å². The molecule has 8 nitrogen and oxygen atoms in total. The minimum atomic E-state index is -0.196. The lowest BCUT2D eigenvalue weighted by atomic mass is 10.1. The fourth-order valence-electron chi connectivity index (χ4n) is 3.39. The molecule has 2 heterocycles. The summed E-state index contributed by atoms with van der Waals surface area (Å²) in [5.74, 6) is 1.12. The number of aromatic nitrogens is 6. The average molecular weight is 375 g/mol. The summed E-state index contributed by atoms with van der Waals surface area (Å²) < 4.78 is 0. The molecule has 0 saturated heterocycles. The van der Waals surface area contributed by atoms with Crippen LogP contribution in [-0.4, -0.2) is 36.1 Å². The fourth-order valence-corrected chi connectivity index (χ4v) is 3.39. The number of tetrazole rings is 1. The lowest BCUT2D eigenvalue weighted by Crippen LogP contribution is -2.21. The first-order valence-corrected chi connectivity index (χ1v) is 9.01. The molecular weight excluding hydrogens is 354 g/mol. The van der Waals surface area contributed by atoms with Crippen LogP contribution >= 0.6 is 0 Å². The van der Waals surface area contributed by atoms with Crippen molar-refractivity contribution in [3.63, 3.8) is 0 Å². The number of carbonyl (C=O) groups is 1. The molecule has 0 aliphatic rings. The Morgan fingerprint density at radius 2 is 1.86 bits per heavy atom. The Kier molecular flexibility index (Phi) is 4.38. The van der Waals surface area contributed by atoms with E-state index >= 15 is 0 Å². The Hall–Kier alpha value is -3.55. The zero-order chi connectivity index (χ0) is 19.8. The normalized spacial score (nSPS) is 11.1. The van der Waals surface area contributed by atoms with Crippen LogP contribution in [0.1, 0.15) is 22.5 Å². The fraction of sp³-hybridized carbons (Fsp3) is 0.250. The number of aromatic amines is 1. The number of imidazole rings is 1. The average Bonchev–Trinajstić information content (AvgIpc) is 3.22. The van der Waals surface area contributed by atoms with E-state index in [1.165, 1.54) is 10.4 Å². The molecule has 142 valence electrons. The predicted octanol–water partition coefficient (Wildman–Crippen LogP) is 3.09. The third-order valence-corrected chi connectivity index (χ3v) is 4.54. The minimum Gasteiger partial charge on any atom is -0.342 e. The quantitative estimate of drug-likeness (QED) is 0.571. The van der Waals surface area contributed by atoms with Crippen molar-refractivity contribution in [1.82, 2.24) is 30.2 Å². The van der Waals surface area contributed by atoms with E-state index in [2.05, 4.69) is 30.7 Å². The first kappa shape index (κ1) is 17.8. The van der Waals surface area contributed by atoms with Gasteiger partial charge in [-0.25, -0.2) is 4.98 Å². The summed E-state index contributed by atoms with van der Waals surface area (Å²) in [5, 5.41) is 15.4. The number of aryl methyl sites for hydroxylation is 4. The van der Waals surface area contributed by atoms with Crippen LogP contribution in [0.3, 0.4) is 0 Å². The number of benzene rings is 2. The number of anilines is 1. The second-order valence-corrected chi connectivity index (χ2v) is 7.02. The van der Waals surface area contributed by atoms with Crippen molar-refractivity contribution in [3.8, 4) is 11.4 Å². The monoisotopic (exact) mass is 375 g/mol. The first-order chi connectivity index (χ1) is 13.4. The Labute approximate surface area is 162 Å². The van der Waals surface area contributed by atoms with Crippen LogP contribution in [0.15, 0.2) is 30.3 Å². The smallest absolute Gasteiger partial charge is 0.248 e. The van der Waals surface area contributed by atoms with Crippen LogP contribution in [0.4, 0.5) is 5.69 Å². The molecule has 0 saturated carbocycles. The molecule has 0 radical (unpaired) electrons. The van der Waals surface area contributed by atoms with Gasteiger partial charge in [-0.15, -0.1) is 10.2 Å². The molecule has 28 heavy (non-hydrogen) atoms. The molecule has 0 bridgehead atoms. The van der Waals surface area contributed by atoms with E-state index in [1.54, 1.807) is 0 Å². The number of hydrogen-bond acceptors (Lipinski definition) is 5. The third kappa shape index (κ3) is 3.48. The molecule has 0 fully saturated rings. The van der Waals surface area contributed by atoms with Gasteiger partial charge < -0.3 is 10.3 Å². The summed E-state index contributed by atoms with van der Waals surface area (Å²) in [4.78, 5) is 21.3. The predicted molar refractivity (Wildman–Crippen MR) is 107 cm³/mol. The molecule has 0 aliphatic heterocycles. The lowest BCUT2D eigenvalue weighted by Gasteiger charge is -2.12. The summed E-state index contributed by atoms with van der Waals surface area (Å²) in [7, 11) is 0. The van der Waals surface area contributed by atoms with E-state index in [4.69, 9.17) is 0 Å². The Balaban J connectivity index is 1.50. The Morgan fingerprint density at radius 1 is 1.11 bits per heavy atom. The van der Waals surface area contributed by atoms with Crippen LogP contribution < -0.4 is 5.32 Å². The number of H-pyrrole nitrogens is 1. The molecule has 0 aliphatic carbocycles. The van der Waals surface area contributed by atoms with Gasteiger partial charge in [-0.05, 0) is 62.2 Å². The summed E-state index contributed by atoms with van der Waals surface area (Å²) in [6, 6.07) is 9.81. The van der Waals surface area contributed by atoms with E-state index in [1.807, 2.05) is 58.0 Å².